The van der Waals surface area contributed by atoms with Gasteiger partial charge in [-0.05, 0) is 32.2 Å². The van der Waals surface area contributed by atoms with Gasteiger partial charge in [-0.25, -0.2) is 0 Å². The number of nitrogens with zero attached hydrogens (tertiary/aromatic N) is 3. The maximum atomic E-state index is 4.43. The first kappa shape index (κ1) is 11.5. The largest absolute Gasteiger partial charge is 0.312 e. The highest BCUT2D eigenvalue weighted by Crippen LogP contribution is 2.29. The van der Waals surface area contributed by atoms with Crippen molar-refractivity contribution in [3.05, 3.63) is 0 Å². The lowest BCUT2D eigenvalue weighted by atomic mass is 9.91. The zero-order chi connectivity index (χ0) is 11.5. The van der Waals surface area contributed by atoms with Crippen molar-refractivity contribution in [2.45, 2.75) is 69.5 Å². The lowest BCUT2D eigenvalue weighted by Crippen LogP contribution is -2.52. The van der Waals surface area contributed by atoms with Gasteiger partial charge in [-0.15, -0.1) is 0 Å². The van der Waals surface area contributed by atoms with E-state index in [0.717, 1.165) is 6.54 Å². The molecule has 3 aliphatic rings. The molecule has 2 atom stereocenters. The summed E-state index contributed by atoms with van der Waals surface area (Å²) in [6.07, 6.45) is 10.8. The Balaban J connectivity index is 1.63. The Labute approximate surface area is 104 Å². The second-order valence-corrected chi connectivity index (χ2v) is 5.71. The maximum Gasteiger partial charge on any atom is 0.0857 e. The van der Waals surface area contributed by atoms with E-state index in [1.165, 1.54) is 57.9 Å². The van der Waals surface area contributed by atoms with Gasteiger partial charge in [-0.1, -0.05) is 30.9 Å². The molecule has 2 unspecified atom stereocenters. The van der Waals surface area contributed by atoms with Crippen LogP contribution in [0.4, 0.5) is 0 Å². The molecule has 1 saturated heterocycles. The number of nitrogens with one attached hydrogen (secondary N) is 1. The summed E-state index contributed by atoms with van der Waals surface area (Å²) in [6, 6.07) is 1.84. The predicted octanol–water partition coefficient (Wildman–Crippen LogP) is 2.51. The molecule has 0 aromatic heterocycles. The number of rotatable bonds is 2. The van der Waals surface area contributed by atoms with Crippen LogP contribution in [0.2, 0.25) is 0 Å². The third kappa shape index (κ3) is 2.46. The van der Waals surface area contributed by atoms with Crippen molar-refractivity contribution >= 4 is 0 Å². The first-order valence-corrected chi connectivity index (χ1v) is 7.34. The molecule has 2 aliphatic heterocycles. The maximum absolute atomic E-state index is 4.43. The summed E-state index contributed by atoms with van der Waals surface area (Å²) in [5.74, 6) is 0. The van der Waals surface area contributed by atoms with Crippen LogP contribution in [0, 0.1) is 0 Å². The van der Waals surface area contributed by atoms with E-state index in [-0.39, 0.29) is 0 Å². The van der Waals surface area contributed by atoms with Crippen molar-refractivity contribution in [2.75, 3.05) is 13.1 Å². The normalized spacial score (nSPS) is 35.4. The van der Waals surface area contributed by atoms with Gasteiger partial charge in [-0.2, -0.15) is 5.11 Å². The van der Waals surface area contributed by atoms with Crippen molar-refractivity contribution in [1.29, 1.82) is 0 Å². The Morgan fingerprint density at radius 3 is 2.53 bits per heavy atom. The van der Waals surface area contributed by atoms with Crippen molar-refractivity contribution in [3.63, 3.8) is 0 Å². The number of hydrogen-bond donors (Lipinski definition) is 1. The molecule has 0 bridgehead atoms. The Morgan fingerprint density at radius 1 is 0.941 bits per heavy atom. The first-order valence-electron chi connectivity index (χ1n) is 7.34. The monoisotopic (exact) mass is 236 g/mol. The highest BCUT2D eigenvalue weighted by Gasteiger charge is 2.35. The van der Waals surface area contributed by atoms with Gasteiger partial charge in [0.25, 0.3) is 0 Å². The van der Waals surface area contributed by atoms with Crippen LogP contribution in [0.25, 0.3) is 0 Å². The molecule has 0 aromatic carbocycles. The molecular weight excluding hydrogens is 212 g/mol. The zero-order valence-corrected chi connectivity index (χ0v) is 10.6. The Kier molecular flexibility index (Phi) is 3.60. The van der Waals surface area contributed by atoms with Crippen molar-refractivity contribution in [2.24, 2.45) is 10.3 Å². The lowest BCUT2D eigenvalue weighted by Gasteiger charge is -2.38. The minimum atomic E-state index is 0.540. The van der Waals surface area contributed by atoms with Crippen LogP contribution in [-0.4, -0.2) is 36.2 Å². The van der Waals surface area contributed by atoms with Gasteiger partial charge in [0, 0.05) is 12.1 Å². The van der Waals surface area contributed by atoms with Crippen LogP contribution in [-0.2, 0) is 0 Å². The van der Waals surface area contributed by atoms with Crippen LogP contribution < -0.4 is 5.32 Å². The minimum absolute atomic E-state index is 0.540. The van der Waals surface area contributed by atoms with Crippen molar-refractivity contribution in [3.8, 4) is 0 Å². The Hall–Kier alpha value is -0.640. The van der Waals surface area contributed by atoms with Gasteiger partial charge in [0.2, 0.25) is 0 Å². The molecule has 0 amide bonds. The van der Waals surface area contributed by atoms with E-state index in [4.69, 9.17) is 0 Å². The zero-order valence-electron chi connectivity index (χ0n) is 10.6. The van der Waals surface area contributed by atoms with E-state index in [1.54, 1.807) is 0 Å². The topological polar surface area (TPSA) is 40.0 Å². The van der Waals surface area contributed by atoms with Crippen molar-refractivity contribution in [1.82, 2.24) is 10.3 Å². The van der Waals surface area contributed by atoms with Gasteiger partial charge in [0.15, 0.2) is 0 Å². The van der Waals surface area contributed by atoms with E-state index >= 15 is 0 Å². The molecule has 2 heterocycles. The van der Waals surface area contributed by atoms with Gasteiger partial charge < -0.3 is 5.32 Å². The Morgan fingerprint density at radius 2 is 1.76 bits per heavy atom. The quantitative estimate of drug-likeness (QED) is 0.800. The smallest absolute Gasteiger partial charge is 0.0857 e. The molecule has 1 N–H and O–H groups in total. The third-order valence-corrected chi connectivity index (χ3v) is 4.54. The highest BCUT2D eigenvalue weighted by atomic mass is 15.6. The summed E-state index contributed by atoms with van der Waals surface area (Å²) < 4.78 is 0. The van der Waals surface area contributed by atoms with E-state index in [0.29, 0.717) is 18.1 Å². The molecule has 1 aliphatic carbocycles. The summed E-state index contributed by atoms with van der Waals surface area (Å²) in [5.41, 5.74) is 0. The van der Waals surface area contributed by atoms with Crippen LogP contribution in [0.1, 0.15) is 51.4 Å². The molecule has 2 fully saturated rings. The van der Waals surface area contributed by atoms with Gasteiger partial charge in [0.1, 0.15) is 0 Å². The van der Waals surface area contributed by atoms with E-state index in [2.05, 4.69) is 20.7 Å². The fraction of sp³-hybridized carbons (Fsp3) is 1.00. The van der Waals surface area contributed by atoms with Gasteiger partial charge >= 0.3 is 0 Å². The molecule has 1 saturated carbocycles. The fourth-order valence-electron chi connectivity index (χ4n) is 3.55. The lowest BCUT2D eigenvalue weighted by molar-refractivity contribution is 0.0987. The summed E-state index contributed by atoms with van der Waals surface area (Å²) in [6.45, 7) is 2.09. The second kappa shape index (κ2) is 5.34. The molecule has 17 heavy (non-hydrogen) atoms. The van der Waals surface area contributed by atoms with E-state index in [1.807, 2.05) is 0 Å². The van der Waals surface area contributed by atoms with E-state index in [9.17, 15) is 0 Å². The molecule has 0 spiro atoms. The van der Waals surface area contributed by atoms with Crippen LogP contribution >= 0.6 is 0 Å². The molecular formula is C13H24N4. The molecule has 96 valence electrons. The average molecular weight is 236 g/mol. The minimum Gasteiger partial charge on any atom is -0.312 e. The van der Waals surface area contributed by atoms with Gasteiger partial charge in [0.05, 0.1) is 12.6 Å². The summed E-state index contributed by atoms with van der Waals surface area (Å²) in [4.78, 5) is 0. The SMILES string of the molecule is C1CCC(N2N=NCC2C2CCCCN2)CC1. The van der Waals surface area contributed by atoms with Crippen LogP contribution in [0.5, 0.6) is 0 Å². The summed E-state index contributed by atoms with van der Waals surface area (Å²) >= 11 is 0. The second-order valence-electron chi connectivity index (χ2n) is 5.71. The summed E-state index contributed by atoms with van der Waals surface area (Å²) in [7, 11) is 0. The standard InChI is InChI=1S/C13H24N4/c1-2-6-11(7-3-1)17-13(10-15-16-17)12-8-4-5-9-14-12/h11-14H,1-10H2. The first-order chi connectivity index (χ1) is 8.45. The van der Waals surface area contributed by atoms with Crippen LogP contribution in [0.15, 0.2) is 10.3 Å². The van der Waals surface area contributed by atoms with Crippen molar-refractivity contribution < 1.29 is 0 Å². The van der Waals surface area contributed by atoms with Gasteiger partial charge in [-0.3, -0.25) is 5.01 Å². The Bertz CT molecular complexity index is 267. The molecule has 3 rings (SSSR count). The number of hydrogen-bond acceptors (Lipinski definition) is 4. The van der Waals surface area contributed by atoms with Crippen LogP contribution in [0.3, 0.4) is 0 Å². The predicted molar refractivity (Wildman–Crippen MR) is 67.9 cm³/mol. The fourth-order valence-corrected chi connectivity index (χ4v) is 3.55. The molecule has 4 nitrogen and oxygen atoms in total. The molecule has 0 radical (unpaired) electrons. The molecule has 4 heteroatoms. The third-order valence-electron chi connectivity index (χ3n) is 4.54. The summed E-state index contributed by atoms with van der Waals surface area (Å²) in [5, 5.41) is 14.8. The molecule has 0 aromatic rings. The van der Waals surface area contributed by atoms with E-state index < -0.39 is 0 Å². The number of piperidine rings is 1. The average Bonchev–Trinajstić information content (AvgIpc) is 2.90. The highest BCUT2D eigenvalue weighted by molar-refractivity contribution is 4.92.